The van der Waals surface area contributed by atoms with Crippen LogP contribution in [0.4, 0.5) is 5.82 Å². The number of rotatable bonds is 5. The Bertz CT molecular complexity index is 488. The minimum Gasteiger partial charge on any atom is -0.352 e. The van der Waals surface area contributed by atoms with Crippen molar-refractivity contribution in [3.8, 4) is 6.07 Å². The number of nitriles is 1. The van der Waals surface area contributed by atoms with Gasteiger partial charge < -0.3 is 4.90 Å². The van der Waals surface area contributed by atoms with Crippen LogP contribution in [0.3, 0.4) is 0 Å². The lowest BCUT2D eigenvalue weighted by atomic mass is 10.3. The van der Waals surface area contributed by atoms with Crippen LogP contribution >= 0.6 is 15.9 Å². The van der Waals surface area contributed by atoms with Crippen LogP contribution in [0.5, 0.6) is 0 Å². The Kier molecular flexibility index (Phi) is 3.21. The fraction of sp³-hybridized carbons (Fsp3) is 0.615. The van der Waals surface area contributed by atoms with Crippen LogP contribution in [0.15, 0.2) is 10.7 Å². The number of hydrogen-bond acceptors (Lipinski definition) is 4. The van der Waals surface area contributed by atoms with Crippen LogP contribution in [-0.4, -0.2) is 22.6 Å². The van der Waals surface area contributed by atoms with Crippen molar-refractivity contribution < 1.29 is 0 Å². The molecule has 0 amide bonds. The average Bonchev–Trinajstić information content (AvgIpc) is 3.21. The van der Waals surface area contributed by atoms with Crippen LogP contribution in [0.2, 0.25) is 0 Å². The van der Waals surface area contributed by atoms with Gasteiger partial charge in [0.05, 0.1) is 12.5 Å². The number of anilines is 1. The zero-order valence-electron chi connectivity index (χ0n) is 10.1. The Morgan fingerprint density at radius 3 is 2.72 bits per heavy atom. The second kappa shape index (κ2) is 4.85. The van der Waals surface area contributed by atoms with Crippen molar-refractivity contribution in [2.75, 3.05) is 11.4 Å². The first kappa shape index (κ1) is 11.9. The molecule has 94 valence electrons. The number of hydrogen-bond donors (Lipinski definition) is 0. The Morgan fingerprint density at radius 1 is 1.33 bits per heavy atom. The highest BCUT2D eigenvalue weighted by Crippen LogP contribution is 2.40. The fourth-order valence-corrected chi connectivity index (χ4v) is 2.52. The van der Waals surface area contributed by atoms with E-state index in [-0.39, 0.29) is 0 Å². The highest BCUT2D eigenvalue weighted by Gasteiger charge is 2.32. The van der Waals surface area contributed by atoms with E-state index in [4.69, 9.17) is 5.26 Å². The standard InChI is InChI=1S/C13H15BrN4/c14-11-8-12(17-13(16-11)9-2-3-9)18(7-1-6-15)10-4-5-10/h8-10H,1-5,7H2. The molecular weight excluding hydrogens is 292 g/mol. The van der Waals surface area contributed by atoms with Gasteiger partial charge >= 0.3 is 0 Å². The first-order valence-corrected chi connectivity index (χ1v) is 7.25. The van der Waals surface area contributed by atoms with Gasteiger partial charge in [0.15, 0.2) is 0 Å². The van der Waals surface area contributed by atoms with Crippen LogP contribution in [0.1, 0.15) is 43.8 Å². The highest BCUT2D eigenvalue weighted by molar-refractivity contribution is 9.10. The third-order valence-corrected chi connectivity index (χ3v) is 3.79. The van der Waals surface area contributed by atoms with Crippen LogP contribution in [-0.2, 0) is 0 Å². The second-order valence-electron chi connectivity index (χ2n) is 5.01. The summed E-state index contributed by atoms with van der Waals surface area (Å²) < 4.78 is 0.858. The van der Waals surface area contributed by atoms with Gasteiger partial charge in [0.1, 0.15) is 16.2 Å². The van der Waals surface area contributed by atoms with Gasteiger partial charge in [-0.15, -0.1) is 0 Å². The molecule has 1 aromatic heterocycles. The molecule has 0 saturated heterocycles. The molecule has 0 aromatic carbocycles. The van der Waals surface area contributed by atoms with Crippen molar-refractivity contribution in [3.63, 3.8) is 0 Å². The van der Waals surface area contributed by atoms with E-state index in [9.17, 15) is 0 Å². The predicted octanol–water partition coefficient (Wildman–Crippen LogP) is 3.00. The van der Waals surface area contributed by atoms with Crippen molar-refractivity contribution in [2.45, 2.75) is 44.1 Å². The van der Waals surface area contributed by atoms with Crippen LogP contribution < -0.4 is 4.90 Å². The summed E-state index contributed by atoms with van der Waals surface area (Å²) >= 11 is 3.47. The normalized spacial score (nSPS) is 18.4. The molecule has 0 radical (unpaired) electrons. The highest BCUT2D eigenvalue weighted by atomic mass is 79.9. The summed E-state index contributed by atoms with van der Waals surface area (Å²) in [7, 11) is 0. The molecule has 0 atom stereocenters. The van der Waals surface area contributed by atoms with E-state index in [1.165, 1.54) is 25.7 Å². The SMILES string of the molecule is N#CCCN(c1cc(Br)nc(C2CC2)n1)C1CC1. The summed E-state index contributed by atoms with van der Waals surface area (Å²) in [5, 5.41) is 8.75. The Morgan fingerprint density at radius 2 is 2.11 bits per heavy atom. The lowest BCUT2D eigenvalue weighted by Gasteiger charge is -2.22. The first-order valence-electron chi connectivity index (χ1n) is 6.46. The summed E-state index contributed by atoms with van der Waals surface area (Å²) in [5.41, 5.74) is 0. The molecule has 1 heterocycles. The lowest BCUT2D eigenvalue weighted by Crippen LogP contribution is -2.28. The largest absolute Gasteiger partial charge is 0.352 e. The summed E-state index contributed by atoms with van der Waals surface area (Å²) in [6.45, 7) is 0.773. The summed E-state index contributed by atoms with van der Waals surface area (Å²) in [4.78, 5) is 11.4. The molecule has 2 aliphatic rings. The molecular formula is C13H15BrN4. The predicted molar refractivity (Wildman–Crippen MR) is 72.3 cm³/mol. The molecule has 0 unspecified atom stereocenters. The van der Waals surface area contributed by atoms with Gasteiger partial charge in [0.25, 0.3) is 0 Å². The lowest BCUT2D eigenvalue weighted by molar-refractivity contribution is 0.763. The molecule has 0 spiro atoms. The molecule has 2 saturated carbocycles. The summed E-state index contributed by atoms with van der Waals surface area (Å²) in [6, 6.07) is 4.77. The van der Waals surface area contributed by atoms with E-state index in [1.54, 1.807) is 0 Å². The number of nitrogens with zero attached hydrogens (tertiary/aromatic N) is 4. The van der Waals surface area contributed by atoms with Gasteiger partial charge in [-0.25, -0.2) is 9.97 Å². The van der Waals surface area contributed by atoms with E-state index < -0.39 is 0 Å². The topological polar surface area (TPSA) is 52.8 Å². The van der Waals surface area contributed by atoms with Crippen molar-refractivity contribution in [3.05, 3.63) is 16.5 Å². The smallest absolute Gasteiger partial charge is 0.135 e. The Labute approximate surface area is 115 Å². The molecule has 0 N–H and O–H groups in total. The van der Waals surface area contributed by atoms with Crippen LogP contribution in [0.25, 0.3) is 0 Å². The molecule has 18 heavy (non-hydrogen) atoms. The fourth-order valence-electron chi connectivity index (χ4n) is 2.13. The molecule has 2 fully saturated rings. The van der Waals surface area contributed by atoms with E-state index in [1.807, 2.05) is 6.07 Å². The summed E-state index contributed by atoms with van der Waals surface area (Å²) in [6.07, 6.45) is 5.39. The van der Waals surface area contributed by atoms with Gasteiger partial charge in [-0.05, 0) is 41.6 Å². The van der Waals surface area contributed by atoms with Crippen LogP contribution in [0, 0.1) is 11.3 Å². The quantitative estimate of drug-likeness (QED) is 0.785. The van der Waals surface area contributed by atoms with Gasteiger partial charge in [0.2, 0.25) is 0 Å². The zero-order valence-corrected chi connectivity index (χ0v) is 11.7. The Hall–Kier alpha value is -1.15. The molecule has 0 bridgehead atoms. The zero-order chi connectivity index (χ0) is 12.5. The maximum Gasteiger partial charge on any atom is 0.135 e. The van der Waals surface area contributed by atoms with E-state index >= 15 is 0 Å². The molecule has 4 nitrogen and oxygen atoms in total. The van der Waals surface area contributed by atoms with E-state index in [2.05, 4.69) is 36.9 Å². The van der Waals surface area contributed by atoms with Gasteiger partial charge in [-0.2, -0.15) is 5.26 Å². The molecule has 0 aliphatic heterocycles. The summed E-state index contributed by atoms with van der Waals surface area (Å²) in [5.74, 6) is 2.50. The number of aromatic nitrogens is 2. The minimum atomic E-state index is 0.552. The van der Waals surface area contributed by atoms with Gasteiger partial charge in [0, 0.05) is 24.6 Å². The maximum absolute atomic E-state index is 8.75. The monoisotopic (exact) mass is 306 g/mol. The van der Waals surface area contributed by atoms with Crippen molar-refractivity contribution in [1.29, 1.82) is 5.26 Å². The van der Waals surface area contributed by atoms with Gasteiger partial charge in [-0.1, -0.05) is 0 Å². The minimum absolute atomic E-state index is 0.552. The first-order chi connectivity index (χ1) is 8.78. The van der Waals surface area contributed by atoms with E-state index in [0.717, 1.165) is 22.8 Å². The van der Waals surface area contributed by atoms with Crippen molar-refractivity contribution >= 4 is 21.7 Å². The van der Waals surface area contributed by atoms with Crippen molar-refractivity contribution in [1.82, 2.24) is 9.97 Å². The second-order valence-corrected chi connectivity index (χ2v) is 5.83. The van der Waals surface area contributed by atoms with Crippen molar-refractivity contribution in [2.24, 2.45) is 0 Å². The molecule has 1 aromatic rings. The average molecular weight is 307 g/mol. The molecule has 2 aliphatic carbocycles. The molecule has 3 rings (SSSR count). The third-order valence-electron chi connectivity index (χ3n) is 3.39. The van der Waals surface area contributed by atoms with Gasteiger partial charge in [-0.3, -0.25) is 0 Å². The Balaban J connectivity index is 1.85. The van der Waals surface area contributed by atoms with E-state index in [0.29, 0.717) is 18.4 Å². The maximum atomic E-state index is 8.75. The number of halogens is 1. The molecule has 5 heteroatoms. The third kappa shape index (κ3) is 2.64.